The number of anilines is 1. The highest BCUT2D eigenvalue weighted by Crippen LogP contribution is 2.19. The molecule has 1 aromatic heterocycles. The highest BCUT2D eigenvalue weighted by atomic mass is 19.1. The Bertz CT molecular complexity index is 805. The second-order valence-electron chi connectivity index (χ2n) is 6.72. The van der Waals surface area contributed by atoms with Crippen molar-refractivity contribution in [3.8, 4) is 0 Å². The van der Waals surface area contributed by atoms with E-state index in [0.717, 1.165) is 25.0 Å². The average Bonchev–Trinajstić information content (AvgIpc) is 3.15. The third-order valence-corrected chi connectivity index (χ3v) is 4.66. The van der Waals surface area contributed by atoms with Crippen LogP contribution in [0.1, 0.15) is 36.1 Å². The number of hydrogen-bond acceptors (Lipinski definition) is 3. The lowest BCUT2D eigenvalue weighted by atomic mass is 9.98. The van der Waals surface area contributed by atoms with E-state index in [4.69, 9.17) is 4.42 Å². The van der Waals surface area contributed by atoms with Gasteiger partial charge in [0.2, 0.25) is 0 Å². The predicted octanol–water partition coefficient (Wildman–Crippen LogP) is 3.66. The van der Waals surface area contributed by atoms with Crippen LogP contribution in [0.25, 0.3) is 0 Å². The number of urea groups is 1. The van der Waals surface area contributed by atoms with Crippen LogP contribution in [-0.4, -0.2) is 36.5 Å². The van der Waals surface area contributed by atoms with Gasteiger partial charge in [-0.1, -0.05) is 13.0 Å². The van der Waals surface area contributed by atoms with Gasteiger partial charge >= 0.3 is 6.03 Å². The Kier molecular flexibility index (Phi) is 6.11. The topological polar surface area (TPSA) is 74.6 Å². The maximum Gasteiger partial charge on any atom is 0.319 e. The van der Waals surface area contributed by atoms with Gasteiger partial charge in [0.1, 0.15) is 11.6 Å². The number of benzene rings is 1. The van der Waals surface area contributed by atoms with Gasteiger partial charge in [0.25, 0.3) is 5.91 Å². The minimum atomic E-state index is -0.404. The number of halogens is 1. The number of piperidine rings is 1. The van der Waals surface area contributed by atoms with Gasteiger partial charge < -0.3 is 20.0 Å². The Labute approximate surface area is 157 Å². The van der Waals surface area contributed by atoms with E-state index in [1.807, 2.05) is 13.0 Å². The quantitative estimate of drug-likeness (QED) is 0.840. The Morgan fingerprint density at radius 3 is 2.89 bits per heavy atom. The van der Waals surface area contributed by atoms with Crippen LogP contribution in [-0.2, 0) is 6.42 Å². The largest absolute Gasteiger partial charge is 0.456 e. The van der Waals surface area contributed by atoms with Crippen LogP contribution >= 0.6 is 0 Å². The Hall–Kier alpha value is -2.83. The van der Waals surface area contributed by atoms with Crippen LogP contribution in [0.2, 0.25) is 0 Å². The molecular weight excluding hydrogens is 349 g/mol. The van der Waals surface area contributed by atoms with Crippen molar-refractivity contribution in [2.24, 2.45) is 5.92 Å². The SMILES string of the molecule is CCc1ccc(C(=O)N2CCCC(CNC(=O)Nc3cccc(F)c3)C2)o1. The first-order valence-electron chi connectivity index (χ1n) is 9.23. The molecule has 1 saturated heterocycles. The first-order valence-corrected chi connectivity index (χ1v) is 9.23. The van der Waals surface area contributed by atoms with E-state index < -0.39 is 5.82 Å². The molecule has 0 spiro atoms. The summed E-state index contributed by atoms with van der Waals surface area (Å²) in [5, 5.41) is 5.40. The monoisotopic (exact) mass is 373 g/mol. The number of likely N-dealkylation sites (tertiary alicyclic amines) is 1. The molecule has 1 atom stereocenters. The fourth-order valence-electron chi connectivity index (χ4n) is 3.23. The zero-order valence-corrected chi connectivity index (χ0v) is 15.3. The highest BCUT2D eigenvalue weighted by Gasteiger charge is 2.26. The number of furan rings is 1. The van der Waals surface area contributed by atoms with E-state index in [2.05, 4.69) is 10.6 Å². The van der Waals surface area contributed by atoms with Crippen molar-refractivity contribution in [3.05, 3.63) is 53.7 Å². The minimum Gasteiger partial charge on any atom is -0.456 e. The van der Waals surface area contributed by atoms with Gasteiger partial charge in [0.15, 0.2) is 5.76 Å². The van der Waals surface area contributed by atoms with Gasteiger partial charge in [-0.2, -0.15) is 0 Å². The zero-order chi connectivity index (χ0) is 19.2. The number of aryl methyl sites for hydroxylation is 1. The molecule has 2 N–H and O–H groups in total. The van der Waals surface area contributed by atoms with Crippen LogP contribution in [0.15, 0.2) is 40.8 Å². The summed E-state index contributed by atoms with van der Waals surface area (Å²) in [7, 11) is 0. The molecule has 27 heavy (non-hydrogen) atoms. The summed E-state index contributed by atoms with van der Waals surface area (Å²) in [6.45, 7) is 3.68. The smallest absolute Gasteiger partial charge is 0.319 e. The van der Waals surface area contributed by atoms with Crippen LogP contribution in [0.3, 0.4) is 0 Å². The molecule has 0 aliphatic carbocycles. The molecule has 1 fully saturated rings. The third-order valence-electron chi connectivity index (χ3n) is 4.66. The molecular formula is C20H24FN3O3. The fourth-order valence-corrected chi connectivity index (χ4v) is 3.23. The van der Waals surface area contributed by atoms with E-state index >= 15 is 0 Å². The minimum absolute atomic E-state index is 0.108. The molecule has 7 heteroatoms. The molecule has 2 heterocycles. The summed E-state index contributed by atoms with van der Waals surface area (Å²) in [5.41, 5.74) is 0.400. The molecule has 144 valence electrons. The summed E-state index contributed by atoms with van der Waals surface area (Å²) >= 11 is 0. The number of carbonyl (C=O) groups is 2. The molecule has 0 radical (unpaired) electrons. The van der Waals surface area contributed by atoms with Crippen LogP contribution < -0.4 is 10.6 Å². The summed E-state index contributed by atoms with van der Waals surface area (Å²) < 4.78 is 18.7. The van der Waals surface area contributed by atoms with Crippen molar-refractivity contribution in [3.63, 3.8) is 0 Å². The molecule has 6 nitrogen and oxygen atoms in total. The third kappa shape index (κ3) is 5.09. The van der Waals surface area contributed by atoms with Gasteiger partial charge in [-0.3, -0.25) is 4.79 Å². The van der Waals surface area contributed by atoms with E-state index in [-0.39, 0.29) is 17.9 Å². The fraction of sp³-hybridized carbons (Fsp3) is 0.400. The lowest BCUT2D eigenvalue weighted by Crippen LogP contribution is -2.44. The lowest BCUT2D eigenvalue weighted by molar-refractivity contribution is 0.0641. The van der Waals surface area contributed by atoms with Gasteiger partial charge in [-0.15, -0.1) is 0 Å². The molecule has 1 aliphatic heterocycles. The standard InChI is InChI=1S/C20H24FN3O3/c1-2-17-8-9-18(27-17)19(25)24-10-4-5-14(13-24)12-22-20(26)23-16-7-3-6-15(21)11-16/h3,6-9,11,14H,2,4-5,10,12-13H2,1H3,(H2,22,23,26). The molecule has 0 saturated carbocycles. The predicted molar refractivity (Wildman–Crippen MR) is 100 cm³/mol. The normalized spacial score (nSPS) is 16.8. The van der Waals surface area contributed by atoms with Crippen molar-refractivity contribution < 1.29 is 18.4 Å². The van der Waals surface area contributed by atoms with Crippen LogP contribution in [0.5, 0.6) is 0 Å². The average molecular weight is 373 g/mol. The van der Waals surface area contributed by atoms with E-state index in [9.17, 15) is 14.0 Å². The van der Waals surface area contributed by atoms with Gasteiger partial charge in [0, 0.05) is 31.7 Å². The molecule has 1 aliphatic rings. The number of amides is 3. The van der Waals surface area contributed by atoms with Crippen LogP contribution in [0, 0.1) is 11.7 Å². The molecule has 1 aromatic carbocycles. The summed E-state index contributed by atoms with van der Waals surface area (Å²) in [6.07, 6.45) is 2.56. The van der Waals surface area contributed by atoms with Crippen molar-refractivity contribution in [2.75, 3.05) is 25.0 Å². The van der Waals surface area contributed by atoms with Crippen molar-refractivity contribution in [1.29, 1.82) is 0 Å². The van der Waals surface area contributed by atoms with Gasteiger partial charge in [-0.05, 0) is 49.1 Å². The second kappa shape index (κ2) is 8.70. The first-order chi connectivity index (χ1) is 13.0. The first kappa shape index (κ1) is 18.9. The molecule has 2 aromatic rings. The van der Waals surface area contributed by atoms with Crippen LogP contribution in [0.4, 0.5) is 14.9 Å². The number of nitrogens with one attached hydrogen (secondary N) is 2. The molecule has 3 amide bonds. The Morgan fingerprint density at radius 1 is 1.30 bits per heavy atom. The maximum atomic E-state index is 13.2. The zero-order valence-electron chi connectivity index (χ0n) is 15.3. The van der Waals surface area contributed by atoms with E-state index in [1.54, 1.807) is 17.0 Å². The number of nitrogens with zero attached hydrogens (tertiary/aromatic N) is 1. The summed E-state index contributed by atoms with van der Waals surface area (Å²) in [6, 6.07) is 8.89. The van der Waals surface area contributed by atoms with Gasteiger partial charge in [-0.25, -0.2) is 9.18 Å². The van der Waals surface area contributed by atoms with Crippen molar-refractivity contribution >= 4 is 17.6 Å². The van der Waals surface area contributed by atoms with E-state index in [0.29, 0.717) is 31.1 Å². The van der Waals surface area contributed by atoms with Crippen molar-refractivity contribution in [2.45, 2.75) is 26.2 Å². The maximum absolute atomic E-state index is 13.2. The molecule has 3 rings (SSSR count). The van der Waals surface area contributed by atoms with Crippen molar-refractivity contribution in [1.82, 2.24) is 10.2 Å². The van der Waals surface area contributed by atoms with E-state index in [1.165, 1.54) is 18.2 Å². The lowest BCUT2D eigenvalue weighted by Gasteiger charge is -2.32. The second-order valence-corrected chi connectivity index (χ2v) is 6.72. The number of hydrogen-bond donors (Lipinski definition) is 2. The Balaban J connectivity index is 1.49. The van der Waals surface area contributed by atoms with Gasteiger partial charge in [0.05, 0.1) is 0 Å². The molecule has 1 unspecified atom stereocenters. The number of rotatable bonds is 5. The Morgan fingerprint density at radius 2 is 2.15 bits per heavy atom. The summed E-state index contributed by atoms with van der Waals surface area (Å²) in [4.78, 5) is 26.4. The highest BCUT2D eigenvalue weighted by molar-refractivity contribution is 5.91. The summed E-state index contributed by atoms with van der Waals surface area (Å²) in [5.74, 6) is 0.815. The molecule has 0 bridgehead atoms. The number of carbonyl (C=O) groups excluding carboxylic acids is 2.